The molecule has 1 aromatic heterocycles. The van der Waals surface area contributed by atoms with Gasteiger partial charge < -0.3 is 9.97 Å². The largest absolute Gasteiger partial charge is 0.323 e. The van der Waals surface area contributed by atoms with E-state index in [2.05, 4.69) is 9.97 Å². The van der Waals surface area contributed by atoms with Crippen molar-refractivity contribution < 1.29 is 8.42 Å². The molecule has 2 aromatic rings. The van der Waals surface area contributed by atoms with Crippen molar-refractivity contribution in [3.05, 3.63) is 28.7 Å². The summed E-state index contributed by atoms with van der Waals surface area (Å²) in [6.07, 6.45) is 2.82. The van der Waals surface area contributed by atoms with Crippen LogP contribution < -0.4 is 5.69 Å². The summed E-state index contributed by atoms with van der Waals surface area (Å²) < 4.78 is 27.4. The summed E-state index contributed by atoms with van der Waals surface area (Å²) in [6, 6.07) is 4.70. The van der Waals surface area contributed by atoms with Gasteiger partial charge in [0.1, 0.15) is 0 Å². The van der Waals surface area contributed by atoms with Crippen molar-refractivity contribution >= 4 is 21.1 Å². The fourth-order valence-corrected chi connectivity index (χ4v) is 5.07. The molecule has 2 N–H and O–H groups in total. The number of aromatic nitrogens is 2. The van der Waals surface area contributed by atoms with Gasteiger partial charge in [0.25, 0.3) is 0 Å². The molecule has 21 heavy (non-hydrogen) atoms. The maximum atomic E-state index is 12.9. The summed E-state index contributed by atoms with van der Waals surface area (Å²) in [7, 11) is -3.55. The number of hydrogen-bond donors (Lipinski definition) is 2. The minimum absolute atomic E-state index is 0.000259. The molecule has 3 rings (SSSR count). The second kappa shape index (κ2) is 4.99. The van der Waals surface area contributed by atoms with Crippen molar-refractivity contribution in [1.82, 2.24) is 14.3 Å². The Bertz CT molecular complexity index is 811. The minimum Gasteiger partial charge on any atom is -0.306 e. The maximum absolute atomic E-state index is 12.9. The van der Waals surface area contributed by atoms with Gasteiger partial charge in [-0.25, -0.2) is 13.2 Å². The molecule has 0 bridgehead atoms. The van der Waals surface area contributed by atoms with E-state index in [1.54, 1.807) is 16.4 Å². The Labute approximate surface area is 123 Å². The molecular formula is C14H19N3O3S. The van der Waals surface area contributed by atoms with E-state index in [4.69, 9.17) is 0 Å². The Kier molecular flexibility index (Phi) is 3.41. The van der Waals surface area contributed by atoms with Crippen LogP contribution >= 0.6 is 0 Å². The zero-order valence-electron chi connectivity index (χ0n) is 12.1. The summed E-state index contributed by atoms with van der Waals surface area (Å²) in [5, 5.41) is 0. The molecule has 0 spiro atoms. The highest BCUT2D eigenvalue weighted by atomic mass is 32.2. The van der Waals surface area contributed by atoms with Crippen molar-refractivity contribution in [1.29, 1.82) is 0 Å². The van der Waals surface area contributed by atoms with Crippen molar-refractivity contribution in [3.63, 3.8) is 0 Å². The Morgan fingerprint density at radius 2 is 1.71 bits per heavy atom. The first-order valence-electron chi connectivity index (χ1n) is 7.15. The van der Waals surface area contributed by atoms with Crippen LogP contribution in [0.1, 0.15) is 33.1 Å². The molecule has 0 amide bonds. The van der Waals surface area contributed by atoms with E-state index in [1.165, 1.54) is 6.07 Å². The Balaban J connectivity index is 2.08. The number of nitrogens with zero attached hydrogens (tertiary/aromatic N) is 1. The third-order valence-electron chi connectivity index (χ3n) is 4.18. The molecular weight excluding hydrogens is 290 g/mol. The molecule has 1 aliphatic heterocycles. The van der Waals surface area contributed by atoms with Crippen LogP contribution in [0.25, 0.3) is 11.0 Å². The van der Waals surface area contributed by atoms with E-state index in [9.17, 15) is 13.2 Å². The molecule has 1 fully saturated rings. The molecule has 114 valence electrons. The van der Waals surface area contributed by atoms with E-state index in [-0.39, 0.29) is 22.7 Å². The topological polar surface area (TPSA) is 86.0 Å². The van der Waals surface area contributed by atoms with Gasteiger partial charge in [-0.1, -0.05) is 6.42 Å². The van der Waals surface area contributed by atoms with Gasteiger partial charge in [-0.15, -0.1) is 0 Å². The molecule has 1 saturated heterocycles. The second-order valence-electron chi connectivity index (χ2n) is 5.75. The van der Waals surface area contributed by atoms with Gasteiger partial charge in [0.15, 0.2) is 0 Å². The highest BCUT2D eigenvalue weighted by Gasteiger charge is 2.35. The van der Waals surface area contributed by atoms with E-state index in [0.717, 1.165) is 19.3 Å². The van der Waals surface area contributed by atoms with Crippen molar-refractivity contribution in [2.75, 3.05) is 0 Å². The van der Waals surface area contributed by atoms with Gasteiger partial charge in [0.05, 0.1) is 15.9 Å². The van der Waals surface area contributed by atoms with Crippen LogP contribution in [0, 0.1) is 0 Å². The first kappa shape index (κ1) is 14.3. The number of rotatable bonds is 2. The van der Waals surface area contributed by atoms with Gasteiger partial charge in [-0.05, 0) is 44.9 Å². The lowest BCUT2D eigenvalue weighted by atomic mass is 10.0. The molecule has 2 heterocycles. The third kappa shape index (κ3) is 2.40. The van der Waals surface area contributed by atoms with E-state index in [0.29, 0.717) is 11.0 Å². The maximum Gasteiger partial charge on any atom is 0.323 e. The third-order valence-corrected chi connectivity index (χ3v) is 6.30. The summed E-state index contributed by atoms with van der Waals surface area (Å²) >= 11 is 0. The molecule has 0 aliphatic carbocycles. The van der Waals surface area contributed by atoms with Gasteiger partial charge in [0.2, 0.25) is 10.0 Å². The molecule has 6 nitrogen and oxygen atoms in total. The molecule has 2 unspecified atom stereocenters. The van der Waals surface area contributed by atoms with Crippen LogP contribution in [0.2, 0.25) is 0 Å². The quantitative estimate of drug-likeness (QED) is 0.887. The zero-order chi connectivity index (χ0) is 15.2. The number of fused-ring (bicyclic) bond motifs is 1. The lowest BCUT2D eigenvalue weighted by molar-refractivity contribution is 0.204. The van der Waals surface area contributed by atoms with Crippen LogP contribution in [0.5, 0.6) is 0 Å². The Morgan fingerprint density at radius 3 is 2.38 bits per heavy atom. The number of piperidine rings is 1. The van der Waals surface area contributed by atoms with Crippen LogP contribution in [0.4, 0.5) is 0 Å². The van der Waals surface area contributed by atoms with E-state index >= 15 is 0 Å². The molecule has 0 saturated carbocycles. The fourth-order valence-electron chi connectivity index (χ4n) is 3.17. The van der Waals surface area contributed by atoms with Crippen LogP contribution in [-0.2, 0) is 10.0 Å². The number of benzene rings is 1. The van der Waals surface area contributed by atoms with Crippen molar-refractivity contribution in [3.8, 4) is 0 Å². The number of aromatic amines is 2. The summed E-state index contributed by atoms with van der Waals surface area (Å²) in [6.45, 7) is 3.90. The number of H-pyrrole nitrogens is 2. The van der Waals surface area contributed by atoms with Crippen LogP contribution in [0.15, 0.2) is 27.9 Å². The predicted molar refractivity (Wildman–Crippen MR) is 80.7 cm³/mol. The zero-order valence-corrected chi connectivity index (χ0v) is 12.9. The standard InChI is InChI=1S/C14H19N3O3S/c1-9-4-3-5-10(2)17(9)21(19,20)11-6-7-12-13(8-11)16-14(18)15-12/h6-10H,3-5H2,1-2H3,(H2,15,16,18). The fraction of sp³-hybridized carbons (Fsp3) is 0.500. The molecule has 7 heteroatoms. The van der Waals surface area contributed by atoms with Gasteiger partial charge in [0, 0.05) is 12.1 Å². The smallest absolute Gasteiger partial charge is 0.306 e. The summed E-state index contributed by atoms with van der Waals surface area (Å²) in [4.78, 5) is 16.7. The van der Waals surface area contributed by atoms with Gasteiger partial charge >= 0.3 is 5.69 Å². The van der Waals surface area contributed by atoms with E-state index in [1.807, 2.05) is 13.8 Å². The average molecular weight is 309 g/mol. The Hall–Kier alpha value is -1.60. The first-order valence-corrected chi connectivity index (χ1v) is 8.59. The summed E-state index contributed by atoms with van der Waals surface area (Å²) in [5.74, 6) is 0. The lowest BCUT2D eigenvalue weighted by Crippen LogP contribution is -2.47. The van der Waals surface area contributed by atoms with Crippen LogP contribution in [-0.4, -0.2) is 34.8 Å². The first-order chi connectivity index (χ1) is 9.89. The molecule has 2 atom stereocenters. The molecule has 1 aliphatic rings. The SMILES string of the molecule is CC1CCCC(C)N1S(=O)(=O)c1ccc2[nH]c(=O)[nH]c2c1. The number of nitrogens with one attached hydrogen (secondary N) is 2. The second-order valence-corrected chi connectivity index (χ2v) is 7.59. The highest BCUT2D eigenvalue weighted by Crippen LogP contribution is 2.30. The molecule has 0 radical (unpaired) electrons. The summed E-state index contributed by atoms with van der Waals surface area (Å²) in [5.41, 5.74) is 0.788. The highest BCUT2D eigenvalue weighted by molar-refractivity contribution is 7.89. The van der Waals surface area contributed by atoms with Crippen molar-refractivity contribution in [2.24, 2.45) is 0 Å². The number of sulfonamides is 1. The average Bonchev–Trinajstić information content (AvgIpc) is 2.77. The van der Waals surface area contributed by atoms with Crippen LogP contribution in [0.3, 0.4) is 0 Å². The predicted octanol–water partition coefficient (Wildman–Crippen LogP) is 1.81. The molecule has 1 aromatic carbocycles. The van der Waals surface area contributed by atoms with E-state index < -0.39 is 10.0 Å². The Morgan fingerprint density at radius 1 is 1.10 bits per heavy atom. The number of hydrogen-bond acceptors (Lipinski definition) is 3. The van der Waals surface area contributed by atoms with Crippen molar-refractivity contribution in [2.45, 2.75) is 50.1 Å². The lowest BCUT2D eigenvalue weighted by Gasteiger charge is -2.37. The van der Waals surface area contributed by atoms with Gasteiger partial charge in [-0.2, -0.15) is 4.31 Å². The number of imidazole rings is 1. The normalized spacial score (nSPS) is 24.5. The monoisotopic (exact) mass is 309 g/mol. The van der Waals surface area contributed by atoms with Gasteiger partial charge in [-0.3, -0.25) is 0 Å². The minimum atomic E-state index is -3.55.